The number of carbonyl (C=O) groups excluding carboxylic acids is 1. The minimum absolute atomic E-state index is 0.0265. The van der Waals surface area contributed by atoms with E-state index in [1.807, 2.05) is 19.1 Å². The summed E-state index contributed by atoms with van der Waals surface area (Å²) in [5, 5.41) is 10.5. The molecule has 3 nitrogen and oxygen atoms in total. The Bertz CT molecular complexity index is 768. The van der Waals surface area contributed by atoms with Gasteiger partial charge in [0.15, 0.2) is 5.78 Å². The van der Waals surface area contributed by atoms with Gasteiger partial charge in [-0.15, -0.1) is 0 Å². The predicted octanol–water partition coefficient (Wildman–Crippen LogP) is 5.02. The topological polar surface area (TPSA) is 46.5 Å². The average Bonchev–Trinajstić information content (AvgIpc) is 2.78. The van der Waals surface area contributed by atoms with Crippen LogP contribution in [0.2, 0.25) is 0 Å². The molecule has 0 fully saturated rings. The number of aryl methyl sites for hydroxylation is 1. The Hall–Kier alpha value is -1.94. The highest BCUT2D eigenvalue weighted by Gasteiger charge is 2.26. The zero-order valence-corrected chi connectivity index (χ0v) is 14.9. The van der Waals surface area contributed by atoms with Gasteiger partial charge in [-0.05, 0) is 30.9 Å². The molecule has 0 aliphatic carbocycles. The first-order chi connectivity index (χ1) is 11.7. The predicted molar refractivity (Wildman–Crippen MR) is 96.5 cm³/mol. The monoisotopic (exact) mass is 342 g/mol. The molecule has 0 spiro atoms. The van der Waals surface area contributed by atoms with Gasteiger partial charge in [-0.1, -0.05) is 43.8 Å². The number of benzene rings is 2. The summed E-state index contributed by atoms with van der Waals surface area (Å²) >= 11 is 1.57. The molecule has 0 saturated heterocycles. The second kappa shape index (κ2) is 7.31. The number of carbonyl (C=O) groups is 1. The average molecular weight is 342 g/mol. The Morgan fingerprint density at radius 1 is 1.25 bits per heavy atom. The summed E-state index contributed by atoms with van der Waals surface area (Å²) in [7, 11) is 0. The number of rotatable bonds is 5. The molecule has 1 heterocycles. The highest BCUT2D eigenvalue weighted by atomic mass is 32.2. The third kappa shape index (κ3) is 3.16. The van der Waals surface area contributed by atoms with Crippen LogP contribution in [0.25, 0.3) is 0 Å². The standard InChI is InChI=1S/C20H22O3S/c1-3-11-23-17-12-16(22)19(15(21)4-2)20-14(17)10-9-13-7-5-6-8-18(13)24-20/h5-8,12,22H,3-4,9-11H2,1-2H3. The number of ketones is 1. The molecule has 0 saturated carbocycles. The van der Waals surface area contributed by atoms with Crippen molar-refractivity contribution in [3.05, 3.63) is 47.0 Å². The number of hydrogen-bond acceptors (Lipinski definition) is 4. The van der Waals surface area contributed by atoms with Gasteiger partial charge in [-0.2, -0.15) is 0 Å². The molecule has 4 heteroatoms. The lowest BCUT2D eigenvalue weighted by Gasteiger charge is -2.17. The van der Waals surface area contributed by atoms with Crippen molar-refractivity contribution in [2.24, 2.45) is 0 Å². The van der Waals surface area contributed by atoms with E-state index in [1.165, 1.54) is 5.56 Å². The number of hydrogen-bond donors (Lipinski definition) is 1. The van der Waals surface area contributed by atoms with Crippen molar-refractivity contribution in [2.75, 3.05) is 6.61 Å². The number of Topliss-reactive ketones (excluding diaryl/α,β-unsaturated/α-hetero) is 1. The van der Waals surface area contributed by atoms with Gasteiger partial charge in [0.2, 0.25) is 0 Å². The van der Waals surface area contributed by atoms with Crippen LogP contribution in [0.5, 0.6) is 11.5 Å². The Morgan fingerprint density at radius 3 is 2.79 bits per heavy atom. The smallest absolute Gasteiger partial charge is 0.167 e. The van der Waals surface area contributed by atoms with Crippen molar-refractivity contribution >= 4 is 17.5 Å². The van der Waals surface area contributed by atoms with Crippen LogP contribution in [-0.2, 0) is 12.8 Å². The van der Waals surface area contributed by atoms with Gasteiger partial charge in [0.25, 0.3) is 0 Å². The van der Waals surface area contributed by atoms with Gasteiger partial charge in [0.05, 0.1) is 12.2 Å². The van der Waals surface area contributed by atoms with E-state index in [9.17, 15) is 9.90 Å². The summed E-state index contributed by atoms with van der Waals surface area (Å²) in [6.07, 6.45) is 2.99. The molecular formula is C20H22O3S. The number of ether oxygens (including phenoxy) is 1. The van der Waals surface area contributed by atoms with E-state index < -0.39 is 0 Å². The van der Waals surface area contributed by atoms with Crippen molar-refractivity contribution < 1.29 is 14.6 Å². The minimum Gasteiger partial charge on any atom is -0.507 e. The highest BCUT2D eigenvalue weighted by molar-refractivity contribution is 7.99. The van der Waals surface area contributed by atoms with Crippen molar-refractivity contribution in [2.45, 2.75) is 49.3 Å². The first-order valence-corrected chi connectivity index (χ1v) is 9.27. The zero-order chi connectivity index (χ0) is 17.1. The molecule has 126 valence electrons. The number of fused-ring (bicyclic) bond motifs is 2. The van der Waals surface area contributed by atoms with Gasteiger partial charge in [-0.25, -0.2) is 0 Å². The summed E-state index contributed by atoms with van der Waals surface area (Å²) in [5.41, 5.74) is 2.76. The maximum absolute atomic E-state index is 12.4. The molecule has 0 bridgehead atoms. The van der Waals surface area contributed by atoms with Crippen LogP contribution in [0.3, 0.4) is 0 Å². The maximum Gasteiger partial charge on any atom is 0.167 e. The molecule has 0 radical (unpaired) electrons. The molecule has 1 aliphatic heterocycles. The van der Waals surface area contributed by atoms with Gasteiger partial charge in [-0.3, -0.25) is 4.79 Å². The van der Waals surface area contributed by atoms with Crippen LogP contribution >= 0.6 is 11.8 Å². The molecule has 1 aliphatic rings. The van der Waals surface area contributed by atoms with Crippen molar-refractivity contribution in [1.29, 1.82) is 0 Å². The second-order valence-corrected chi connectivity index (χ2v) is 6.96. The zero-order valence-electron chi connectivity index (χ0n) is 14.1. The summed E-state index contributed by atoms with van der Waals surface area (Å²) < 4.78 is 5.87. The fourth-order valence-corrected chi connectivity index (χ4v) is 4.29. The first-order valence-electron chi connectivity index (χ1n) is 8.46. The number of phenols is 1. The molecule has 2 aromatic rings. The second-order valence-electron chi connectivity index (χ2n) is 5.91. The van der Waals surface area contributed by atoms with E-state index in [-0.39, 0.29) is 11.5 Å². The third-order valence-corrected chi connectivity index (χ3v) is 5.49. The van der Waals surface area contributed by atoms with E-state index in [0.717, 1.165) is 34.6 Å². The fourth-order valence-electron chi connectivity index (χ4n) is 2.98. The van der Waals surface area contributed by atoms with Crippen LogP contribution in [-0.4, -0.2) is 17.5 Å². The normalized spacial score (nSPS) is 12.9. The van der Waals surface area contributed by atoms with Crippen molar-refractivity contribution in [3.8, 4) is 11.5 Å². The summed E-state index contributed by atoms with van der Waals surface area (Å²) in [4.78, 5) is 14.4. The Balaban J connectivity index is 2.17. The molecule has 3 rings (SSSR count). The SMILES string of the molecule is CCCOc1cc(O)c(C(=O)CC)c2c1CCc1ccccc1S2. The molecule has 0 unspecified atom stereocenters. The molecule has 2 aromatic carbocycles. The third-order valence-electron chi connectivity index (χ3n) is 4.21. The Kier molecular flexibility index (Phi) is 5.14. The quantitative estimate of drug-likeness (QED) is 0.775. The van der Waals surface area contributed by atoms with Gasteiger partial charge in [0, 0.05) is 27.8 Å². The minimum atomic E-state index is -0.0299. The van der Waals surface area contributed by atoms with Crippen LogP contribution < -0.4 is 4.74 Å². The summed E-state index contributed by atoms with van der Waals surface area (Å²) in [6, 6.07) is 9.87. The highest BCUT2D eigenvalue weighted by Crippen LogP contribution is 2.46. The molecule has 0 aromatic heterocycles. The van der Waals surface area contributed by atoms with E-state index in [1.54, 1.807) is 17.8 Å². The van der Waals surface area contributed by atoms with Gasteiger partial charge in [0.1, 0.15) is 11.5 Å². The van der Waals surface area contributed by atoms with E-state index in [0.29, 0.717) is 24.3 Å². The molecule has 0 atom stereocenters. The van der Waals surface area contributed by atoms with E-state index in [2.05, 4.69) is 19.1 Å². The van der Waals surface area contributed by atoms with Gasteiger partial charge < -0.3 is 9.84 Å². The molecule has 1 N–H and O–H groups in total. The van der Waals surface area contributed by atoms with Gasteiger partial charge >= 0.3 is 0 Å². The van der Waals surface area contributed by atoms with Crippen LogP contribution in [0, 0.1) is 0 Å². The Labute approximate surface area is 147 Å². The lowest BCUT2D eigenvalue weighted by atomic mass is 9.98. The summed E-state index contributed by atoms with van der Waals surface area (Å²) in [6.45, 7) is 4.48. The fraction of sp³-hybridized carbons (Fsp3) is 0.350. The van der Waals surface area contributed by atoms with Crippen LogP contribution in [0.4, 0.5) is 0 Å². The van der Waals surface area contributed by atoms with E-state index >= 15 is 0 Å². The lowest BCUT2D eigenvalue weighted by molar-refractivity contribution is 0.0982. The molecular weight excluding hydrogens is 320 g/mol. The van der Waals surface area contributed by atoms with Crippen LogP contribution in [0.15, 0.2) is 40.1 Å². The Morgan fingerprint density at radius 2 is 2.04 bits per heavy atom. The van der Waals surface area contributed by atoms with E-state index in [4.69, 9.17) is 4.74 Å². The molecule has 0 amide bonds. The largest absolute Gasteiger partial charge is 0.507 e. The van der Waals surface area contributed by atoms with Crippen LogP contribution in [0.1, 0.15) is 48.2 Å². The van der Waals surface area contributed by atoms with Crippen molar-refractivity contribution in [1.82, 2.24) is 0 Å². The van der Waals surface area contributed by atoms with Crippen molar-refractivity contribution in [3.63, 3.8) is 0 Å². The summed E-state index contributed by atoms with van der Waals surface area (Å²) in [5.74, 6) is 0.702. The lowest BCUT2D eigenvalue weighted by Crippen LogP contribution is -2.06. The molecule has 24 heavy (non-hydrogen) atoms. The number of phenolic OH excluding ortho intramolecular Hbond substituents is 1. The maximum atomic E-state index is 12.4. The number of aromatic hydroxyl groups is 1. The first kappa shape index (κ1) is 16.9.